The summed E-state index contributed by atoms with van der Waals surface area (Å²) in [5.41, 5.74) is 0. The van der Waals surface area contributed by atoms with Crippen molar-refractivity contribution in [2.24, 2.45) is 0 Å². The highest BCUT2D eigenvalue weighted by atomic mass is 31.2. The molecule has 1 unspecified atom stereocenters. The van der Waals surface area contributed by atoms with Crippen LogP contribution in [0.15, 0.2) is 0 Å². The van der Waals surface area contributed by atoms with E-state index >= 15 is 0 Å². The van der Waals surface area contributed by atoms with E-state index < -0.39 is 7.82 Å². The van der Waals surface area contributed by atoms with E-state index in [4.69, 9.17) is 9.05 Å². The zero-order chi connectivity index (χ0) is 14.1. The summed E-state index contributed by atoms with van der Waals surface area (Å²) in [6.07, 6.45) is 3.91. The zero-order valence-electron chi connectivity index (χ0n) is 12.2. The fraction of sp³-hybridized carbons (Fsp3) is 1.00. The Bertz CT molecular complexity index is 258. The van der Waals surface area contributed by atoms with Crippen molar-refractivity contribution >= 4 is 7.82 Å². The Hall–Kier alpha value is 0.0700. The van der Waals surface area contributed by atoms with Gasteiger partial charge in [-0.25, -0.2) is 0 Å². The van der Waals surface area contributed by atoms with Crippen LogP contribution in [-0.4, -0.2) is 44.9 Å². The molecule has 0 aliphatic rings. The maximum Gasteiger partial charge on any atom is 0.268 e. The van der Waals surface area contributed by atoms with E-state index in [-0.39, 0.29) is 13.2 Å². The van der Waals surface area contributed by atoms with Crippen LogP contribution in [0.25, 0.3) is 0 Å². The Morgan fingerprint density at radius 1 is 1.00 bits per heavy atom. The zero-order valence-corrected chi connectivity index (χ0v) is 13.1. The molecule has 0 spiro atoms. The number of rotatable bonds is 11. The third-order valence-corrected chi connectivity index (χ3v) is 3.81. The van der Waals surface area contributed by atoms with Crippen molar-refractivity contribution in [1.82, 2.24) is 0 Å². The van der Waals surface area contributed by atoms with Crippen LogP contribution < -0.4 is 4.89 Å². The maximum absolute atomic E-state index is 11.4. The largest absolute Gasteiger partial charge is 0.756 e. The third-order valence-electron chi connectivity index (χ3n) is 2.81. The lowest BCUT2D eigenvalue weighted by atomic mass is 10.3. The first-order valence-corrected chi connectivity index (χ1v) is 8.21. The molecule has 0 bridgehead atoms. The molecule has 0 saturated carbocycles. The molecule has 0 aromatic heterocycles. The van der Waals surface area contributed by atoms with Crippen LogP contribution in [-0.2, 0) is 13.6 Å². The van der Waals surface area contributed by atoms with Crippen LogP contribution >= 0.6 is 7.82 Å². The quantitative estimate of drug-likeness (QED) is 0.331. The van der Waals surface area contributed by atoms with Crippen molar-refractivity contribution in [3.8, 4) is 0 Å². The summed E-state index contributed by atoms with van der Waals surface area (Å²) in [7, 11) is 0.0580. The molecular formula is C12H28NO4P. The molecule has 110 valence electrons. The van der Waals surface area contributed by atoms with Crippen molar-refractivity contribution < 1.29 is 23.0 Å². The van der Waals surface area contributed by atoms with Crippen molar-refractivity contribution in [1.29, 1.82) is 0 Å². The van der Waals surface area contributed by atoms with Gasteiger partial charge in [-0.15, -0.1) is 0 Å². The summed E-state index contributed by atoms with van der Waals surface area (Å²) in [4.78, 5) is 11.4. The van der Waals surface area contributed by atoms with Crippen molar-refractivity contribution in [2.45, 2.75) is 39.5 Å². The van der Waals surface area contributed by atoms with Gasteiger partial charge >= 0.3 is 0 Å². The van der Waals surface area contributed by atoms with Gasteiger partial charge in [0.15, 0.2) is 0 Å². The summed E-state index contributed by atoms with van der Waals surface area (Å²) in [5, 5.41) is 0. The number of hydrogen-bond donors (Lipinski definition) is 0. The second-order valence-corrected chi connectivity index (χ2v) is 6.61. The lowest BCUT2D eigenvalue weighted by molar-refractivity contribution is -0.890. The number of unbranched alkanes of at least 4 members (excludes halogenated alkanes) is 2. The fourth-order valence-corrected chi connectivity index (χ4v) is 2.19. The average molecular weight is 281 g/mol. The highest BCUT2D eigenvalue weighted by Crippen LogP contribution is 2.38. The highest BCUT2D eigenvalue weighted by molar-refractivity contribution is 7.45. The molecule has 0 amide bonds. The van der Waals surface area contributed by atoms with Crippen LogP contribution in [0.2, 0.25) is 0 Å². The second kappa shape index (κ2) is 9.05. The first-order chi connectivity index (χ1) is 8.33. The number of nitrogens with zero attached hydrogens (tertiary/aromatic N) is 1. The smallest absolute Gasteiger partial charge is 0.268 e. The first-order valence-electron chi connectivity index (χ1n) is 6.75. The summed E-state index contributed by atoms with van der Waals surface area (Å²) < 4.78 is 21.7. The van der Waals surface area contributed by atoms with Crippen LogP contribution in [0.4, 0.5) is 0 Å². The SMILES string of the molecule is CCCCOP(=O)([O-])OCC[N+](C)(C)CCCC. The van der Waals surface area contributed by atoms with Gasteiger partial charge in [0, 0.05) is 0 Å². The van der Waals surface area contributed by atoms with E-state index in [9.17, 15) is 9.46 Å². The topological polar surface area (TPSA) is 58.6 Å². The molecule has 0 aliphatic heterocycles. The normalized spacial score (nSPS) is 15.6. The van der Waals surface area contributed by atoms with Gasteiger partial charge in [-0.2, -0.15) is 0 Å². The summed E-state index contributed by atoms with van der Waals surface area (Å²) >= 11 is 0. The highest BCUT2D eigenvalue weighted by Gasteiger charge is 2.16. The summed E-state index contributed by atoms with van der Waals surface area (Å²) in [5.74, 6) is 0. The first kappa shape index (κ1) is 18.1. The van der Waals surface area contributed by atoms with E-state index in [2.05, 4.69) is 21.0 Å². The Kier molecular flexibility index (Phi) is 9.09. The molecule has 5 nitrogen and oxygen atoms in total. The lowest BCUT2D eigenvalue weighted by Crippen LogP contribution is -2.43. The second-order valence-electron chi connectivity index (χ2n) is 5.20. The minimum absolute atomic E-state index is 0.184. The van der Waals surface area contributed by atoms with Crippen molar-refractivity contribution in [3.63, 3.8) is 0 Å². The molecule has 1 atom stereocenters. The molecule has 6 heteroatoms. The lowest BCUT2D eigenvalue weighted by Gasteiger charge is -2.31. The van der Waals surface area contributed by atoms with Gasteiger partial charge < -0.3 is 18.4 Å². The summed E-state index contributed by atoms with van der Waals surface area (Å²) in [6.45, 7) is 6.22. The Morgan fingerprint density at radius 2 is 1.56 bits per heavy atom. The molecule has 0 saturated heterocycles. The van der Waals surface area contributed by atoms with Crippen LogP contribution in [0.1, 0.15) is 39.5 Å². The van der Waals surface area contributed by atoms with Gasteiger partial charge in [0.2, 0.25) is 0 Å². The van der Waals surface area contributed by atoms with Gasteiger partial charge in [0.1, 0.15) is 13.2 Å². The monoisotopic (exact) mass is 281 g/mol. The van der Waals surface area contributed by atoms with Crippen LogP contribution in [0.5, 0.6) is 0 Å². The number of likely N-dealkylation sites (N-methyl/N-ethyl adjacent to an activating group) is 1. The number of quaternary nitrogens is 1. The van der Waals surface area contributed by atoms with Crippen molar-refractivity contribution in [3.05, 3.63) is 0 Å². The van der Waals surface area contributed by atoms with Crippen molar-refractivity contribution in [2.75, 3.05) is 40.4 Å². The van der Waals surface area contributed by atoms with Gasteiger partial charge in [0.25, 0.3) is 7.82 Å². The Labute approximate surface area is 111 Å². The predicted molar refractivity (Wildman–Crippen MR) is 71.2 cm³/mol. The van der Waals surface area contributed by atoms with E-state index in [0.717, 1.165) is 36.7 Å². The van der Waals surface area contributed by atoms with E-state index in [1.807, 2.05) is 6.92 Å². The van der Waals surface area contributed by atoms with Gasteiger partial charge in [-0.1, -0.05) is 26.7 Å². The minimum Gasteiger partial charge on any atom is -0.756 e. The predicted octanol–water partition coefficient (Wildman–Crippen LogP) is 2.16. The van der Waals surface area contributed by atoms with E-state index in [1.165, 1.54) is 0 Å². The standard InChI is InChI=1S/C12H28NO4P/c1-5-7-9-13(3,4)10-12-17-18(14,15)16-11-8-6-2/h5-12H2,1-4H3. The number of phosphoric acid groups is 1. The molecule has 0 aliphatic carbocycles. The molecule has 0 aromatic rings. The Morgan fingerprint density at radius 3 is 2.11 bits per heavy atom. The average Bonchev–Trinajstić information content (AvgIpc) is 2.26. The van der Waals surface area contributed by atoms with Gasteiger partial charge in [0.05, 0.1) is 27.2 Å². The molecule has 0 aromatic carbocycles. The number of hydrogen-bond acceptors (Lipinski definition) is 4. The third kappa shape index (κ3) is 10.0. The molecular weight excluding hydrogens is 253 g/mol. The Balaban J connectivity index is 3.83. The molecule has 0 rings (SSSR count). The van der Waals surface area contributed by atoms with Gasteiger partial charge in [-0.05, 0) is 12.8 Å². The fourth-order valence-electron chi connectivity index (χ4n) is 1.46. The minimum atomic E-state index is -4.09. The summed E-state index contributed by atoms with van der Waals surface area (Å²) in [6, 6.07) is 0. The van der Waals surface area contributed by atoms with Crippen LogP contribution in [0, 0.1) is 0 Å². The van der Waals surface area contributed by atoms with Gasteiger partial charge in [-0.3, -0.25) is 4.57 Å². The molecule has 0 fully saturated rings. The number of phosphoric ester groups is 1. The molecule has 18 heavy (non-hydrogen) atoms. The molecule has 0 N–H and O–H groups in total. The molecule has 0 radical (unpaired) electrons. The van der Waals surface area contributed by atoms with Crippen LogP contribution in [0.3, 0.4) is 0 Å². The maximum atomic E-state index is 11.4. The van der Waals surface area contributed by atoms with E-state index in [0.29, 0.717) is 6.54 Å². The molecule has 0 heterocycles. The van der Waals surface area contributed by atoms with E-state index in [1.54, 1.807) is 0 Å².